The summed E-state index contributed by atoms with van der Waals surface area (Å²) in [6, 6.07) is 4.47. The first-order valence-electron chi connectivity index (χ1n) is 7.12. The number of hydrogen-bond donors (Lipinski definition) is 1. The summed E-state index contributed by atoms with van der Waals surface area (Å²) < 4.78 is 1.72. The standard InChI is InChI=1S/C15H17ClN4O3/c1-10-12(5-3-6-14(10)20(22)23)15(21)17-7-4-8-19-9-13(16)11(2)18-19/h3,5-6,9H,4,7-8H2,1-2H3,(H,17,21). The second kappa shape index (κ2) is 7.23. The van der Waals surface area contributed by atoms with Crippen molar-refractivity contribution in [3.05, 3.63) is 56.4 Å². The Morgan fingerprint density at radius 3 is 2.78 bits per heavy atom. The van der Waals surface area contributed by atoms with Crippen LogP contribution in [-0.4, -0.2) is 27.2 Å². The first kappa shape index (κ1) is 17.0. The fraction of sp³-hybridized carbons (Fsp3) is 0.333. The topological polar surface area (TPSA) is 90.1 Å². The number of carbonyl (C=O) groups excluding carboxylic acids is 1. The van der Waals surface area contributed by atoms with Crippen LogP contribution in [0.15, 0.2) is 24.4 Å². The number of nitro benzene ring substituents is 1. The van der Waals surface area contributed by atoms with Gasteiger partial charge in [-0.2, -0.15) is 5.10 Å². The normalized spacial score (nSPS) is 10.6. The van der Waals surface area contributed by atoms with Crippen LogP contribution in [0.3, 0.4) is 0 Å². The van der Waals surface area contributed by atoms with Crippen molar-refractivity contribution in [3.63, 3.8) is 0 Å². The summed E-state index contributed by atoms with van der Waals surface area (Å²) in [5.74, 6) is -0.319. The molecule has 0 saturated carbocycles. The molecule has 0 fully saturated rings. The quantitative estimate of drug-likeness (QED) is 0.499. The molecule has 1 amide bonds. The molecule has 2 aromatic rings. The Kier molecular flexibility index (Phi) is 5.33. The maximum absolute atomic E-state index is 12.1. The first-order chi connectivity index (χ1) is 10.9. The largest absolute Gasteiger partial charge is 0.352 e. The van der Waals surface area contributed by atoms with Gasteiger partial charge in [-0.1, -0.05) is 17.7 Å². The van der Waals surface area contributed by atoms with Crippen molar-refractivity contribution < 1.29 is 9.72 Å². The number of rotatable bonds is 6. The van der Waals surface area contributed by atoms with Crippen molar-refractivity contribution in [2.45, 2.75) is 26.8 Å². The van der Waals surface area contributed by atoms with Crippen molar-refractivity contribution in [1.29, 1.82) is 0 Å². The molecule has 0 aliphatic carbocycles. The molecule has 0 saturated heterocycles. The van der Waals surface area contributed by atoms with Crippen LogP contribution in [0.5, 0.6) is 0 Å². The van der Waals surface area contributed by atoms with Crippen LogP contribution in [0.25, 0.3) is 0 Å². The van der Waals surface area contributed by atoms with Crippen LogP contribution < -0.4 is 5.32 Å². The van der Waals surface area contributed by atoms with E-state index in [9.17, 15) is 14.9 Å². The minimum atomic E-state index is -0.490. The van der Waals surface area contributed by atoms with E-state index in [0.717, 1.165) is 5.69 Å². The fourth-order valence-electron chi connectivity index (χ4n) is 2.21. The predicted molar refractivity (Wildman–Crippen MR) is 86.8 cm³/mol. The lowest BCUT2D eigenvalue weighted by molar-refractivity contribution is -0.385. The zero-order valence-corrected chi connectivity index (χ0v) is 13.6. The van der Waals surface area contributed by atoms with E-state index in [1.165, 1.54) is 12.1 Å². The summed E-state index contributed by atoms with van der Waals surface area (Å²) in [5, 5.41) is 18.5. The predicted octanol–water partition coefficient (Wildman–Crippen LogP) is 2.88. The molecule has 23 heavy (non-hydrogen) atoms. The Bertz CT molecular complexity index is 723. The number of amides is 1. The molecule has 0 unspecified atom stereocenters. The van der Waals surface area contributed by atoms with Gasteiger partial charge in [-0.3, -0.25) is 19.6 Å². The SMILES string of the molecule is Cc1nn(CCCNC(=O)c2cccc([N+](=O)[O-])c2C)cc1Cl. The molecule has 1 N–H and O–H groups in total. The maximum atomic E-state index is 12.1. The first-order valence-corrected chi connectivity index (χ1v) is 7.49. The highest BCUT2D eigenvalue weighted by Gasteiger charge is 2.17. The molecule has 1 heterocycles. The summed E-state index contributed by atoms with van der Waals surface area (Å²) in [6.07, 6.45) is 2.42. The van der Waals surface area contributed by atoms with Gasteiger partial charge in [0.1, 0.15) is 0 Å². The van der Waals surface area contributed by atoms with Gasteiger partial charge >= 0.3 is 0 Å². The summed E-state index contributed by atoms with van der Waals surface area (Å²) in [4.78, 5) is 22.5. The lowest BCUT2D eigenvalue weighted by Crippen LogP contribution is -2.26. The number of aromatic nitrogens is 2. The summed E-state index contributed by atoms with van der Waals surface area (Å²) in [5.41, 5.74) is 1.39. The summed E-state index contributed by atoms with van der Waals surface area (Å²) in [6.45, 7) is 4.46. The van der Waals surface area contributed by atoms with Gasteiger partial charge in [-0.05, 0) is 26.3 Å². The van der Waals surface area contributed by atoms with Crippen molar-refractivity contribution in [2.24, 2.45) is 0 Å². The number of nitro groups is 1. The Balaban J connectivity index is 1.90. The van der Waals surface area contributed by atoms with E-state index in [1.54, 1.807) is 23.9 Å². The highest BCUT2D eigenvalue weighted by Crippen LogP contribution is 2.20. The van der Waals surface area contributed by atoms with E-state index in [4.69, 9.17) is 11.6 Å². The number of carbonyl (C=O) groups is 1. The third kappa shape index (κ3) is 4.07. The Labute approximate surface area is 138 Å². The molecule has 2 rings (SSSR count). The van der Waals surface area contributed by atoms with Crippen LogP contribution in [-0.2, 0) is 6.54 Å². The van der Waals surface area contributed by atoms with Crippen molar-refractivity contribution in [2.75, 3.05) is 6.54 Å². The molecule has 1 aromatic heterocycles. The minimum absolute atomic E-state index is 0.0562. The smallest absolute Gasteiger partial charge is 0.273 e. The number of nitrogens with one attached hydrogen (secondary N) is 1. The lowest BCUT2D eigenvalue weighted by Gasteiger charge is -2.08. The van der Waals surface area contributed by atoms with Crippen LogP contribution in [0.2, 0.25) is 5.02 Å². The summed E-state index contributed by atoms with van der Waals surface area (Å²) >= 11 is 5.92. The number of halogens is 1. The van der Waals surface area contributed by atoms with Crippen LogP contribution in [0.1, 0.15) is 28.0 Å². The molecular weight excluding hydrogens is 320 g/mol. The molecule has 0 radical (unpaired) electrons. The second-order valence-electron chi connectivity index (χ2n) is 5.14. The maximum Gasteiger partial charge on any atom is 0.273 e. The van der Waals surface area contributed by atoms with Crippen LogP contribution in [0.4, 0.5) is 5.69 Å². The Morgan fingerprint density at radius 2 is 2.17 bits per heavy atom. The Morgan fingerprint density at radius 1 is 1.43 bits per heavy atom. The fourth-order valence-corrected chi connectivity index (χ4v) is 2.36. The van der Waals surface area contributed by atoms with Crippen LogP contribution >= 0.6 is 11.6 Å². The zero-order valence-electron chi connectivity index (χ0n) is 12.9. The molecular formula is C15H17ClN4O3. The monoisotopic (exact) mass is 336 g/mol. The van der Waals surface area contributed by atoms with E-state index in [-0.39, 0.29) is 11.6 Å². The highest BCUT2D eigenvalue weighted by molar-refractivity contribution is 6.31. The van der Waals surface area contributed by atoms with Crippen LogP contribution in [0, 0.1) is 24.0 Å². The number of aryl methyl sites for hydroxylation is 2. The van der Waals surface area contributed by atoms with E-state index >= 15 is 0 Å². The Hall–Kier alpha value is -2.41. The molecule has 0 atom stereocenters. The molecule has 8 heteroatoms. The van der Waals surface area contributed by atoms with Gasteiger partial charge in [0.25, 0.3) is 11.6 Å². The molecule has 0 bridgehead atoms. The molecule has 1 aromatic carbocycles. The van der Waals surface area contributed by atoms with E-state index in [0.29, 0.717) is 35.7 Å². The van der Waals surface area contributed by atoms with Gasteiger partial charge < -0.3 is 5.32 Å². The van der Waals surface area contributed by atoms with E-state index in [2.05, 4.69) is 10.4 Å². The summed E-state index contributed by atoms with van der Waals surface area (Å²) in [7, 11) is 0. The molecule has 7 nitrogen and oxygen atoms in total. The van der Waals surface area contributed by atoms with Crippen molar-refractivity contribution in [3.8, 4) is 0 Å². The second-order valence-corrected chi connectivity index (χ2v) is 5.55. The highest BCUT2D eigenvalue weighted by atomic mass is 35.5. The molecule has 0 aliphatic rings. The minimum Gasteiger partial charge on any atom is -0.352 e. The molecule has 0 spiro atoms. The van der Waals surface area contributed by atoms with E-state index < -0.39 is 4.92 Å². The van der Waals surface area contributed by atoms with Gasteiger partial charge in [0.05, 0.1) is 15.6 Å². The third-order valence-electron chi connectivity index (χ3n) is 3.48. The van der Waals surface area contributed by atoms with Gasteiger partial charge in [0.15, 0.2) is 0 Å². The average molecular weight is 337 g/mol. The van der Waals surface area contributed by atoms with E-state index in [1.807, 2.05) is 6.92 Å². The van der Waals surface area contributed by atoms with Crippen molar-refractivity contribution in [1.82, 2.24) is 15.1 Å². The van der Waals surface area contributed by atoms with Gasteiger partial charge in [0, 0.05) is 36.5 Å². The number of nitrogens with zero attached hydrogens (tertiary/aromatic N) is 3. The zero-order chi connectivity index (χ0) is 17.0. The third-order valence-corrected chi connectivity index (χ3v) is 3.85. The van der Waals surface area contributed by atoms with Crippen molar-refractivity contribution >= 4 is 23.2 Å². The lowest BCUT2D eigenvalue weighted by atomic mass is 10.1. The number of benzene rings is 1. The molecule has 0 aliphatic heterocycles. The molecule has 122 valence electrons. The number of hydrogen-bond acceptors (Lipinski definition) is 4. The van der Waals surface area contributed by atoms with Gasteiger partial charge in [-0.25, -0.2) is 0 Å². The average Bonchev–Trinajstić information content (AvgIpc) is 2.82. The van der Waals surface area contributed by atoms with Gasteiger partial charge in [-0.15, -0.1) is 0 Å². The van der Waals surface area contributed by atoms with Gasteiger partial charge in [0.2, 0.25) is 0 Å².